The van der Waals surface area contributed by atoms with Crippen molar-refractivity contribution in [2.75, 3.05) is 49.6 Å². The number of morpholine rings is 1. The topological polar surface area (TPSA) is 87.9 Å². The van der Waals surface area contributed by atoms with E-state index in [1.165, 1.54) is 42.7 Å². The van der Waals surface area contributed by atoms with Crippen LogP contribution in [0, 0.1) is 17.7 Å². The third-order valence-corrected chi connectivity index (χ3v) is 5.85. The van der Waals surface area contributed by atoms with Gasteiger partial charge in [-0.1, -0.05) is 0 Å². The summed E-state index contributed by atoms with van der Waals surface area (Å²) in [4.78, 5) is 28.5. The van der Waals surface area contributed by atoms with Crippen molar-refractivity contribution in [3.05, 3.63) is 24.0 Å². The fraction of sp³-hybridized carbons (Fsp3) is 0.619. The van der Waals surface area contributed by atoms with E-state index in [9.17, 15) is 14.0 Å². The molecule has 7 nitrogen and oxygen atoms in total. The number of halogens is 1. The van der Waals surface area contributed by atoms with Gasteiger partial charge in [0.2, 0.25) is 5.91 Å². The Hall–Kier alpha value is -2.03. The van der Waals surface area contributed by atoms with Crippen LogP contribution in [0.4, 0.5) is 15.8 Å². The molecule has 0 aromatic heterocycles. The van der Waals surface area contributed by atoms with Gasteiger partial charge < -0.3 is 20.7 Å². The largest absolute Gasteiger partial charge is 0.370 e. The highest BCUT2D eigenvalue weighted by Crippen LogP contribution is 2.34. The summed E-state index contributed by atoms with van der Waals surface area (Å²) >= 11 is 0. The van der Waals surface area contributed by atoms with Crippen LogP contribution < -0.4 is 16.0 Å². The van der Waals surface area contributed by atoms with Crippen molar-refractivity contribution in [2.24, 2.45) is 17.6 Å². The highest BCUT2D eigenvalue weighted by Gasteiger charge is 2.35. The highest BCUT2D eigenvalue weighted by atomic mass is 19.1. The second-order valence-electron chi connectivity index (χ2n) is 8.34. The number of nitrogens with two attached hydrogens (primary N) is 1. The van der Waals surface area contributed by atoms with Gasteiger partial charge in [-0.15, -0.1) is 0 Å². The minimum Gasteiger partial charge on any atom is -0.370 e. The molecule has 1 aliphatic heterocycles. The third kappa shape index (κ3) is 5.12. The van der Waals surface area contributed by atoms with Crippen molar-refractivity contribution in [1.29, 1.82) is 0 Å². The Morgan fingerprint density at radius 2 is 1.97 bits per heavy atom. The Bertz CT molecular complexity index is 752. The molecule has 8 heteroatoms. The van der Waals surface area contributed by atoms with Crippen molar-refractivity contribution in [3.8, 4) is 0 Å². The van der Waals surface area contributed by atoms with E-state index in [4.69, 9.17) is 10.5 Å². The molecule has 2 aliphatic carbocycles. The van der Waals surface area contributed by atoms with E-state index in [0.717, 1.165) is 13.1 Å². The predicted molar refractivity (Wildman–Crippen MR) is 108 cm³/mol. The van der Waals surface area contributed by atoms with E-state index in [2.05, 4.69) is 10.2 Å². The van der Waals surface area contributed by atoms with Crippen molar-refractivity contribution >= 4 is 23.2 Å². The highest BCUT2D eigenvalue weighted by molar-refractivity contribution is 5.97. The normalized spacial score (nSPS) is 20.8. The van der Waals surface area contributed by atoms with Crippen LogP contribution in [0.2, 0.25) is 0 Å². The smallest absolute Gasteiger partial charge is 0.253 e. The number of carbonyl (C=O) groups is 2. The van der Waals surface area contributed by atoms with Gasteiger partial charge in [0.05, 0.1) is 12.3 Å². The molecule has 4 rings (SSSR count). The monoisotopic (exact) mass is 404 g/mol. The zero-order chi connectivity index (χ0) is 20.4. The molecule has 1 aromatic rings. The fourth-order valence-electron chi connectivity index (χ4n) is 3.80. The van der Waals surface area contributed by atoms with Gasteiger partial charge in [0.15, 0.2) is 0 Å². The SMILES string of the molecule is NC[C@@H](C(=O)Nc1ccc(N2CCOCC2=O)cc1F)N(CC1CC1)CC1CC1. The summed E-state index contributed by atoms with van der Waals surface area (Å²) < 4.78 is 19.8. The van der Waals surface area contributed by atoms with E-state index in [1.54, 1.807) is 6.07 Å². The molecule has 0 radical (unpaired) electrons. The van der Waals surface area contributed by atoms with Gasteiger partial charge in [0.1, 0.15) is 18.5 Å². The van der Waals surface area contributed by atoms with Crippen LogP contribution in [0.25, 0.3) is 0 Å². The molecule has 29 heavy (non-hydrogen) atoms. The number of hydrogen-bond acceptors (Lipinski definition) is 5. The van der Waals surface area contributed by atoms with Gasteiger partial charge >= 0.3 is 0 Å². The summed E-state index contributed by atoms with van der Waals surface area (Å²) in [5, 5.41) is 2.71. The number of amides is 2. The molecule has 3 fully saturated rings. The standard InChI is InChI=1S/C21H29FN4O3/c22-17-9-16(26-7-8-29-13-20(26)27)5-6-18(17)24-21(28)19(10-23)25(11-14-1-2-14)12-15-3-4-15/h5-6,9,14-15,19H,1-4,7-8,10-13,23H2,(H,24,28)/t19-/m0/s1. The molecule has 2 saturated carbocycles. The molecule has 0 unspecified atom stereocenters. The van der Waals surface area contributed by atoms with Crippen LogP contribution in [-0.4, -0.2) is 62.1 Å². The number of carbonyl (C=O) groups excluding carboxylic acids is 2. The zero-order valence-corrected chi connectivity index (χ0v) is 16.6. The fourth-order valence-corrected chi connectivity index (χ4v) is 3.80. The summed E-state index contributed by atoms with van der Waals surface area (Å²) in [5.41, 5.74) is 6.52. The molecular weight excluding hydrogens is 375 g/mol. The Morgan fingerprint density at radius 1 is 1.28 bits per heavy atom. The van der Waals surface area contributed by atoms with Crippen LogP contribution in [-0.2, 0) is 14.3 Å². The Balaban J connectivity index is 1.43. The maximum atomic E-state index is 14.7. The minimum absolute atomic E-state index is 0.00386. The van der Waals surface area contributed by atoms with Crippen LogP contribution in [0.3, 0.4) is 0 Å². The second-order valence-corrected chi connectivity index (χ2v) is 8.34. The molecule has 2 amide bonds. The summed E-state index contributed by atoms with van der Waals surface area (Å²) in [6, 6.07) is 3.97. The predicted octanol–water partition coefficient (Wildman–Crippen LogP) is 1.58. The summed E-state index contributed by atoms with van der Waals surface area (Å²) in [5.74, 6) is 0.256. The second kappa shape index (κ2) is 8.77. The Kier molecular flexibility index (Phi) is 6.12. The Morgan fingerprint density at radius 3 is 2.52 bits per heavy atom. The average molecular weight is 404 g/mol. The third-order valence-electron chi connectivity index (χ3n) is 5.85. The van der Waals surface area contributed by atoms with Gasteiger partial charge in [-0.2, -0.15) is 0 Å². The lowest BCUT2D eigenvalue weighted by molar-refractivity contribution is -0.125. The number of nitrogens with one attached hydrogen (secondary N) is 1. The lowest BCUT2D eigenvalue weighted by Gasteiger charge is -2.30. The van der Waals surface area contributed by atoms with E-state index >= 15 is 0 Å². The first-order chi connectivity index (χ1) is 14.0. The molecule has 1 aromatic carbocycles. The maximum Gasteiger partial charge on any atom is 0.253 e. The van der Waals surface area contributed by atoms with Crippen molar-refractivity contribution in [3.63, 3.8) is 0 Å². The molecule has 0 bridgehead atoms. The first kappa shape index (κ1) is 20.3. The molecule has 3 N–H and O–H groups in total. The van der Waals surface area contributed by atoms with Crippen LogP contribution >= 0.6 is 0 Å². The maximum absolute atomic E-state index is 14.7. The summed E-state index contributed by atoms with van der Waals surface area (Å²) in [7, 11) is 0. The van der Waals surface area contributed by atoms with E-state index in [-0.39, 0.29) is 30.7 Å². The molecule has 1 saturated heterocycles. The van der Waals surface area contributed by atoms with Gasteiger partial charge in [0, 0.05) is 31.9 Å². The number of ether oxygens (including phenoxy) is 1. The number of rotatable bonds is 9. The molecule has 3 aliphatic rings. The minimum atomic E-state index is -0.568. The van der Waals surface area contributed by atoms with Crippen molar-refractivity contribution < 1.29 is 18.7 Å². The number of anilines is 2. The van der Waals surface area contributed by atoms with E-state index in [1.807, 2.05) is 0 Å². The van der Waals surface area contributed by atoms with Gasteiger partial charge in [-0.25, -0.2) is 4.39 Å². The Labute approximate surface area is 170 Å². The number of benzene rings is 1. The lowest BCUT2D eigenvalue weighted by Crippen LogP contribution is -2.50. The first-order valence-electron chi connectivity index (χ1n) is 10.5. The van der Waals surface area contributed by atoms with Crippen molar-refractivity contribution in [1.82, 2.24) is 4.90 Å². The quantitative estimate of drug-likeness (QED) is 0.652. The van der Waals surface area contributed by atoms with Gasteiger partial charge in [-0.3, -0.25) is 14.5 Å². The first-order valence-corrected chi connectivity index (χ1v) is 10.5. The van der Waals surface area contributed by atoms with Gasteiger partial charge in [0.25, 0.3) is 5.91 Å². The molecular formula is C21H29FN4O3. The summed E-state index contributed by atoms with van der Waals surface area (Å²) in [6.45, 7) is 2.76. The van der Waals surface area contributed by atoms with E-state index in [0.29, 0.717) is 30.7 Å². The lowest BCUT2D eigenvalue weighted by atomic mass is 10.1. The van der Waals surface area contributed by atoms with Crippen LogP contribution in [0.5, 0.6) is 0 Å². The van der Waals surface area contributed by atoms with Crippen LogP contribution in [0.1, 0.15) is 25.7 Å². The average Bonchev–Trinajstić information content (AvgIpc) is 3.61. The van der Waals surface area contributed by atoms with Crippen molar-refractivity contribution in [2.45, 2.75) is 31.7 Å². The molecule has 1 atom stereocenters. The number of nitrogens with zero attached hydrogens (tertiary/aromatic N) is 2. The zero-order valence-electron chi connectivity index (χ0n) is 16.6. The number of hydrogen-bond donors (Lipinski definition) is 2. The molecule has 0 spiro atoms. The van der Waals surface area contributed by atoms with E-state index < -0.39 is 11.9 Å². The summed E-state index contributed by atoms with van der Waals surface area (Å²) in [6.07, 6.45) is 4.82. The molecule has 158 valence electrons. The van der Waals surface area contributed by atoms with Crippen LogP contribution in [0.15, 0.2) is 18.2 Å². The van der Waals surface area contributed by atoms with Gasteiger partial charge in [-0.05, 0) is 55.7 Å². The molecule has 1 heterocycles.